The molecular formula is C14H14BrN3O2S. The third kappa shape index (κ3) is 4.71. The number of nitrogens with one attached hydrogen (secondary N) is 2. The highest BCUT2D eigenvalue weighted by Gasteiger charge is 2.31. The highest BCUT2D eigenvalue weighted by molar-refractivity contribution is 9.10. The van der Waals surface area contributed by atoms with Crippen molar-refractivity contribution < 1.29 is 9.59 Å². The molecule has 1 aromatic carbocycles. The van der Waals surface area contributed by atoms with Crippen LogP contribution in [0.2, 0.25) is 0 Å². The maximum absolute atomic E-state index is 11.9. The molecular weight excluding hydrogens is 354 g/mol. The number of rotatable bonds is 5. The Hall–Kier alpha value is -1.60. The van der Waals surface area contributed by atoms with Crippen LogP contribution in [0.15, 0.2) is 46.4 Å². The van der Waals surface area contributed by atoms with E-state index in [4.69, 9.17) is 0 Å². The van der Waals surface area contributed by atoms with Crippen LogP contribution in [-0.4, -0.2) is 28.8 Å². The number of halogens is 1. The highest BCUT2D eigenvalue weighted by Crippen LogP contribution is 2.23. The molecule has 5 nitrogen and oxygen atoms in total. The summed E-state index contributed by atoms with van der Waals surface area (Å²) in [5.74, 6) is -0.385. The number of hydrogen-bond acceptors (Lipinski definition) is 4. The van der Waals surface area contributed by atoms with Crippen LogP contribution >= 0.6 is 27.7 Å². The van der Waals surface area contributed by atoms with Crippen molar-refractivity contribution in [2.24, 2.45) is 4.99 Å². The molecule has 2 rings (SSSR count). The van der Waals surface area contributed by atoms with Gasteiger partial charge in [0.15, 0.2) is 5.17 Å². The van der Waals surface area contributed by atoms with Crippen LogP contribution in [-0.2, 0) is 9.59 Å². The van der Waals surface area contributed by atoms with Crippen LogP contribution in [0.5, 0.6) is 0 Å². The molecule has 0 aromatic heterocycles. The van der Waals surface area contributed by atoms with Crippen LogP contribution in [0.4, 0.5) is 5.69 Å². The summed E-state index contributed by atoms with van der Waals surface area (Å²) in [4.78, 5) is 27.8. The molecule has 1 saturated heterocycles. The van der Waals surface area contributed by atoms with Crippen LogP contribution in [0.25, 0.3) is 0 Å². The van der Waals surface area contributed by atoms with E-state index in [1.807, 2.05) is 12.1 Å². The van der Waals surface area contributed by atoms with Gasteiger partial charge in [-0.1, -0.05) is 33.8 Å². The molecule has 1 unspecified atom stereocenters. The van der Waals surface area contributed by atoms with Crippen molar-refractivity contribution in [1.82, 2.24) is 5.32 Å². The zero-order valence-corrected chi connectivity index (χ0v) is 13.5. The second kappa shape index (κ2) is 7.42. The fraction of sp³-hybridized carbons (Fsp3) is 0.214. The lowest BCUT2D eigenvalue weighted by atomic mass is 10.2. The van der Waals surface area contributed by atoms with Gasteiger partial charge in [-0.15, -0.1) is 6.58 Å². The van der Waals surface area contributed by atoms with Crippen molar-refractivity contribution in [2.75, 3.05) is 11.9 Å². The molecule has 0 bridgehead atoms. The summed E-state index contributed by atoms with van der Waals surface area (Å²) >= 11 is 4.60. The normalized spacial score (nSPS) is 19.4. The Kier molecular flexibility index (Phi) is 5.58. The van der Waals surface area contributed by atoms with Crippen molar-refractivity contribution in [3.63, 3.8) is 0 Å². The number of amides is 2. The number of carbonyl (C=O) groups is 2. The standard InChI is InChI=1S/C14H14BrN3O2S/c1-2-7-16-14-18-13(20)11(21-14)8-12(19)17-10-5-3-9(15)4-6-10/h2-6,11H,1,7-8H2,(H,17,19)(H,16,18,20). The molecule has 0 saturated carbocycles. The smallest absolute Gasteiger partial charge is 0.240 e. The minimum atomic E-state index is -0.441. The first-order valence-corrected chi connectivity index (χ1v) is 7.94. The lowest BCUT2D eigenvalue weighted by Crippen LogP contribution is -2.28. The predicted molar refractivity (Wildman–Crippen MR) is 89.4 cm³/mol. The van der Waals surface area contributed by atoms with Crippen molar-refractivity contribution in [3.05, 3.63) is 41.4 Å². The molecule has 0 spiro atoms. The van der Waals surface area contributed by atoms with Crippen LogP contribution in [0, 0.1) is 0 Å². The Balaban J connectivity index is 1.89. The van der Waals surface area contributed by atoms with Gasteiger partial charge in [0.2, 0.25) is 11.8 Å². The van der Waals surface area contributed by atoms with Gasteiger partial charge < -0.3 is 10.6 Å². The first-order valence-electron chi connectivity index (χ1n) is 6.27. The van der Waals surface area contributed by atoms with Crippen LogP contribution in [0.3, 0.4) is 0 Å². The Morgan fingerprint density at radius 3 is 2.86 bits per heavy atom. The fourth-order valence-electron chi connectivity index (χ4n) is 1.68. The second-order valence-electron chi connectivity index (χ2n) is 4.29. The van der Waals surface area contributed by atoms with E-state index in [1.165, 1.54) is 11.8 Å². The van der Waals surface area contributed by atoms with Gasteiger partial charge >= 0.3 is 0 Å². The molecule has 1 fully saturated rings. The van der Waals surface area contributed by atoms with Crippen LogP contribution in [0.1, 0.15) is 6.42 Å². The number of anilines is 1. The molecule has 1 atom stereocenters. The van der Waals surface area contributed by atoms with Crippen molar-refractivity contribution in [2.45, 2.75) is 11.7 Å². The van der Waals surface area contributed by atoms with E-state index in [9.17, 15) is 9.59 Å². The molecule has 1 aliphatic heterocycles. The number of hydrogen-bond donors (Lipinski definition) is 2. The fourth-order valence-corrected chi connectivity index (χ4v) is 2.92. The van der Waals surface area contributed by atoms with E-state index in [0.29, 0.717) is 17.4 Å². The van der Waals surface area contributed by atoms with Gasteiger partial charge in [-0.05, 0) is 24.3 Å². The Morgan fingerprint density at radius 1 is 1.48 bits per heavy atom. The van der Waals surface area contributed by atoms with Gasteiger partial charge in [0.1, 0.15) is 5.25 Å². The zero-order valence-electron chi connectivity index (χ0n) is 11.1. The van der Waals surface area contributed by atoms with Crippen molar-refractivity contribution >= 4 is 50.4 Å². The zero-order chi connectivity index (χ0) is 15.2. The van der Waals surface area contributed by atoms with E-state index in [1.54, 1.807) is 18.2 Å². The van der Waals surface area contributed by atoms with E-state index in [0.717, 1.165) is 4.47 Å². The van der Waals surface area contributed by atoms with Gasteiger partial charge in [-0.25, -0.2) is 0 Å². The molecule has 2 N–H and O–H groups in total. The average Bonchev–Trinajstić information content (AvgIpc) is 2.79. The first-order chi connectivity index (χ1) is 10.1. The number of thioether (sulfide) groups is 1. The minimum Gasteiger partial charge on any atom is -0.326 e. The maximum atomic E-state index is 11.9. The quantitative estimate of drug-likeness (QED) is 0.785. The maximum Gasteiger partial charge on any atom is 0.240 e. The number of amidine groups is 1. The summed E-state index contributed by atoms with van der Waals surface area (Å²) in [7, 11) is 0. The lowest BCUT2D eigenvalue weighted by Gasteiger charge is -2.07. The Morgan fingerprint density at radius 2 is 2.19 bits per heavy atom. The van der Waals surface area contributed by atoms with Gasteiger partial charge in [0.25, 0.3) is 0 Å². The number of carbonyl (C=O) groups excluding carboxylic acids is 2. The molecule has 2 amide bonds. The van der Waals surface area contributed by atoms with Crippen LogP contribution < -0.4 is 10.6 Å². The molecule has 0 aliphatic carbocycles. The second-order valence-corrected chi connectivity index (χ2v) is 6.40. The average molecular weight is 368 g/mol. The summed E-state index contributed by atoms with van der Waals surface area (Å²) in [6, 6.07) is 7.26. The molecule has 21 heavy (non-hydrogen) atoms. The van der Waals surface area contributed by atoms with Gasteiger partial charge in [-0.2, -0.15) is 0 Å². The van der Waals surface area contributed by atoms with E-state index < -0.39 is 5.25 Å². The first kappa shape index (κ1) is 15.8. The molecule has 1 aromatic rings. The van der Waals surface area contributed by atoms with Crippen molar-refractivity contribution in [1.29, 1.82) is 0 Å². The summed E-state index contributed by atoms with van der Waals surface area (Å²) < 4.78 is 0.939. The van der Waals surface area contributed by atoms with Gasteiger partial charge in [0, 0.05) is 16.6 Å². The van der Waals surface area contributed by atoms with Crippen molar-refractivity contribution in [3.8, 4) is 0 Å². The monoisotopic (exact) mass is 367 g/mol. The molecule has 1 heterocycles. The third-order valence-corrected chi connectivity index (χ3v) is 4.29. The summed E-state index contributed by atoms with van der Waals surface area (Å²) in [6.07, 6.45) is 1.76. The minimum absolute atomic E-state index is 0.111. The summed E-state index contributed by atoms with van der Waals surface area (Å²) in [5.41, 5.74) is 0.701. The SMILES string of the molecule is C=CCN=C1NC(=O)C(CC(=O)Nc2ccc(Br)cc2)S1. The Bertz CT molecular complexity index is 586. The van der Waals surface area contributed by atoms with Gasteiger partial charge in [-0.3, -0.25) is 14.6 Å². The van der Waals surface area contributed by atoms with E-state index >= 15 is 0 Å². The summed E-state index contributed by atoms with van der Waals surface area (Å²) in [5, 5.41) is 5.52. The molecule has 7 heteroatoms. The topological polar surface area (TPSA) is 70.6 Å². The molecule has 1 aliphatic rings. The number of aliphatic imine (C=N–C) groups is 1. The number of nitrogens with zero attached hydrogens (tertiary/aromatic N) is 1. The van der Waals surface area contributed by atoms with E-state index in [2.05, 4.69) is 38.1 Å². The predicted octanol–water partition coefficient (Wildman–Crippen LogP) is 2.55. The number of benzene rings is 1. The molecule has 0 radical (unpaired) electrons. The summed E-state index contributed by atoms with van der Waals surface area (Å²) in [6.45, 7) is 4.01. The largest absolute Gasteiger partial charge is 0.326 e. The van der Waals surface area contributed by atoms with E-state index in [-0.39, 0.29) is 18.2 Å². The lowest BCUT2D eigenvalue weighted by molar-refractivity contribution is -0.122. The third-order valence-electron chi connectivity index (χ3n) is 2.64. The molecule has 110 valence electrons. The van der Waals surface area contributed by atoms with Gasteiger partial charge in [0.05, 0.1) is 6.54 Å². The highest BCUT2D eigenvalue weighted by atomic mass is 79.9. The Labute approximate surface area is 135 Å².